The Morgan fingerprint density at radius 2 is 2.06 bits per heavy atom. The number of alkyl halides is 3. The Morgan fingerprint density at radius 3 is 2.44 bits per heavy atom. The van der Waals surface area contributed by atoms with E-state index in [1.54, 1.807) is 19.1 Å². The number of nitrogens with two attached hydrogens (primary N) is 1. The maximum atomic E-state index is 12.2. The van der Waals surface area contributed by atoms with Gasteiger partial charge in [-0.1, -0.05) is 0 Å². The van der Waals surface area contributed by atoms with Crippen LogP contribution in [0.2, 0.25) is 0 Å². The predicted octanol–water partition coefficient (Wildman–Crippen LogP) is 1.93. The molecule has 0 spiro atoms. The van der Waals surface area contributed by atoms with E-state index in [9.17, 15) is 13.2 Å². The minimum absolute atomic E-state index is 0.281. The molecular formula is C10H14F3N3. The minimum Gasteiger partial charge on any atom is -0.362 e. The van der Waals surface area contributed by atoms with Crippen LogP contribution in [0.3, 0.4) is 0 Å². The molecule has 0 aliphatic heterocycles. The summed E-state index contributed by atoms with van der Waals surface area (Å²) in [7, 11) is 0. The molecular weight excluding hydrogens is 219 g/mol. The van der Waals surface area contributed by atoms with Crippen LogP contribution in [0.1, 0.15) is 12.6 Å². The van der Waals surface area contributed by atoms with Crippen LogP contribution in [-0.4, -0.2) is 24.2 Å². The minimum atomic E-state index is -4.21. The van der Waals surface area contributed by atoms with Gasteiger partial charge < -0.3 is 10.6 Å². The van der Waals surface area contributed by atoms with E-state index >= 15 is 0 Å². The zero-order valence-electron chi connectivity index (χ0n) is 8.96. The molecule has 0 aromatic carbocycles. The van der Waals surface area contributed by atoms with Gasteiger partial charge >= 0.3 is 6.18 Å². The van der Waals surface area contributed by atoms with E-state index in [1.165, 1.54) is 11.1 Å². The van der Waals surface area contributed by atoms with Crippen molar-refractivity contribution in [1.29, 1.82) is 0 Å². The highest BCUT2D eigenvalue weighted by atomic mass is 19.4. The van der Waals surface area contributed by atoms with Crippen LogP contribution in [0.15, 0.2) is 18.3 Å². The number of rotatable bonds is 4. The highest BCUT2D eigenvalue weighted by Crippen LogP contribution is 2.21. The SMILES string of the molecule is CCN(CC(F)(F)F)c1ccc(CN)nc1. The second kappa shape index (κ2) is 5.16. The molecule has 0 amide bonds. The smallest absolute Gasteiger partial charge is 0.362 e. The van der Waals surface area contributed by atoms with Gasteiger partial charge in [0.1, 0.15) is 6.54 Å². The van der Waals surface area contributed by atoms with Crippen molar-refractivity contribution in [3.05, 3.63) is 24.0 Å². The normalized spacial score (nSPS) is 11.6. The fourth-order valence-electron chi connectivity index (χ4n) is 1.33. The zero-order chi connectivity index (χ0) is 12.2. The molecule has 0 aliphatic carbocycles. The molecule has 1 heterocycles. The summed E-state index contributed by atoms with van der Waals surface area (Å²) in [4.78, 5) is 5.18. The summed E-state index contributed by atoms with van der Waals surface area (Å²) in [6.45, 7) is 1.27. The van der Waals surface area contributed by atoms with E-state index in [2.05, 4.69) is 4.98 Å². The van der Waals surface area contributed by atoms with E-state index in [0.29, 0.717) is 11.4 Å². The maximum Gasteiger partial charge on any atom is 0.405 e. The van der Waals surface area contributed by atoms with Gasteiger partial charge in [-0.3, -0.25) is 4.98 Å². The molecule has 0 saturated carbocycles. The second-order valence-electron chi connectivity index (χ2n) is 3.34. The molecule has 0 unspecified atom stereocenters. The van der Waals surface area contributed by atoms with E-state index < -0.39 is 12.7 Å². The van der Waals surface area contributed by atoms with E-state index in [-0.39, 0.29) is 13.1 Å². The average Bonchev–Trinajstić information content (AvgIpc) is 2.25. The molecule has 0 fully saturated rings. The summed E-state index contributed by atoms with van der Waals surface area (Å²) >= 11 is 0. The Kier molecular flexibility index (Phi) is 4.12. The van der Waals surface area contributed by atoms with Gasteiger partial charge in [-0.2, -0.15) is 13.2 Å². The number of nitrogens with zero attached hydrogens (tertiary/aromatic N) is 2. The standard InChI is InChI=1S/C10H14F3N3/c1-2-16(7-10(11,12)13)9-4-3-8(5-14)15-6-9/h3-4,6H,2,5,7,14H2,1H3. The quantitative estimate of drug-likeness (QED) is 0.864. The highest BCUT2D eigenvalue weighted by molar-refractivity contribution is 5.44. The molecule has 1 rings (SSSR count). The Labute approximate surface area is 92.1 Å². The molecule has 0 atom stereocenters. The first-order chi connectivity index (χ1) is 7.46. The highest BCUT2D eigenvalue weighted by Gasteiger charge is 2.30. The number of hydrogen-bond acceptors (Lipinski definition) is 3. The Morgan fingerprint density at radius 1 is 1.38 bits per heavy atom. The first kappa shape index (κ1) is 12.8. The van der Waals surface area contributed by atoms with Gasteiger partial charge in [0, 0.05) is 13.1 Å². The Hall–Kier alpha value is -1.30. The third-order valence-corrected chi connectivity index (χ3v) is 2.14. The summed E-state index contributed by atoms with van der Waals surface area (Å²) in [5, 5.41) is 0. The molecule has 90 valence electrons. The van der Waals surface area contributed by atoms with Gasteiger partial charge in [-0.25, -0.2) is 0 Å². The number of aromatic nitrogens is 1. The van der Waals surface area contributed by atoms with Gasteiger partial charge in [-0.05, 0) is 19.1 Å². The van der Waals surface area contributed by atoms with Crippen LogP contribution in [0.4, 0.5) is 18.9 Å². The maximum absolute atomic E-state index is 12.2. The van der Waals surface area contributed by atoms with Crippen molar-refractivity contribution in [2.45, 2.75) is 19.6 Å². The van der Waals surface area contributed by atoms with Crippen molar-refractivity contribution in [3.8, 4) is 0 Å². The van der Waals surface area contributed by atoms with Gasteiger partial charge in [0.05, 0.1) is 17.6 Å². The van der Waals surface area contributed by atoms with Gasteiger partial charge in [0.15, 0.2) is 0 Å². The lowest BCUT2D eigenvalue weighted by Gasteiger charge is -2.24. The van der Waals surface area contributed by atoms with Crippen LogP contribution in [0.5, 0.6) is 0 Å². The van der Waals surface area contributed by atoms with E-state index in [0.717, 1.165) is 0 Å². The lowest BCUT2D eigenvalue weighted by molar-refractivity contribution is -0.119. The lowest BCUT2D eigenvalue weighted by Crippen LogP contribution is -2.34. The Bertz CT molecular complexity index is 321. The molecule has 3 nitrogen and oxygen atoms in total. The average molecular weight is 233 g/mol. The summed E-state index contributed by atoms with van der Waals surface area (Å²) < 4.78 is 36.7. The number of hydrogen-bond donors (Lipinski definition) is 1. The summed E-state index contributed by atoms with van der Waals surface area (Å²) in [5.74, 6) is 0. The van der Waals surface area contributed by atoms with Gasteiger partial charge in [0.2, 0.25) is 0 Å². The van der Waals surface area contributed by atoms with Crippen molar-refractivity contribution >= 4 is 5.69 Å². The second-order valence-corrected chi connectivity index (χ2v) is 3.34. The van der Waals surface area contributed by atoms with E-state index in [1.807, 2.05) is 0 Å². The van der Waals surface area contributed by atoms with Crippen molar-refractivity contribution in [2.75, 3.05) is 18.0 Å². The summed E-state index contributed by atoms with van der Waals surface area (Å²) in [5.41, 5.74) is 6.47. The number of halogens is 3. The third kappa shape index (κ3) is 3.69. The van der Waals surface area contributed by atoms with Gasteiger partial charge in [0.25, 0.3) is 0 Å². The zero-order valence-corrected chi connectivity index (χ0v) is 8.96. The number of pyridine rings is 1. The largest absolute Gasteiger partial charge is 0.405 e. The van der Waals surface area contributed by atoms with Crippen LogP contribution < -0.4 is 10.6 Å². The molecule has 0 bridgehead atoms. The summed E-state index contributed by atoms with van der Waals surface area (Å²) in [6.07, 6.45) is -2.79. The van der Waals surface area contributed by atoms with Crippen molar-refractivity contribution < 1.29 is 13.2 Å². The molecule has 0 aliphatic rings. The first-order valence-corrected chi connectivity index (χ1v) is 4.93. The van der Waals surface area contributed by atoms with Crippen molar-refractivity contribution in [3.63, 3.8) is 0 Å². The van der Waals surface area contributed by atoms with Crippen LogP contribution >= 0.6 is 0 Å². The molecule has 16 heavy (non-hydrogen) atoms. The molecule has 2 N–H and O–H groups in total. The topological polar surface area (TPSA) is 42.1 Å². The molecule has 0 saturated heterocycles. The predicted molar refractivity (Wildman–Crippen MR) is 56.1 cm³/mol. The van der Waals surface area contributed by atoms with Gasteiger partial charge in [-0.15, -0.1) is 0 Å². The van der Waals surface area contributed by atoms with Crippen molar-refractivity contribution in [2.24, 2.45) is 5.73 Å². The Balaban J connectivity index is 2.79. The summed E-state index contributed by atoms with van der Waals surface area (Å²) in [6, 6.07) is 3.23. The lowest BCUT2D eigenvalue weighted by atomic mass is 10.3. The van der Waals surface area contributed by atoms with E-state index in [4.69, 9.17) is 5.73 Å². The molecule has 0 radical (unpaired) electrons. The molecule has 1 aromatic heterocycles. The van der Waals surface area contributed by atoms with Crippen LogP contribution in [0, 0.1) is 0 Å². The fraction of sp³-hybridized carbons (Fsp3) is 0.500. The monoisotopic (exact) mass is 233 g/mol. The van der Waals surface area contributed by atoms with Crippen molar-refractivity contribution in [1.82, 2.24) is 4.98 Å². The van der Waals surface area contributed by atoms with Crippen LogP contribution in [0.25, 0.3) is 0 Å². The molecule has 1 aromatic rings. The third-order valence-electron chi connectivity index (χ3n) is 2.14. The first-order valence-electron chi connectivity index (χ1n) is 4.93. The molecule has 6 heteroatoms. The number of anilines is 1. The fourth-order valence-corrected chi connectivity index (χ4v) is 1.33. The van der Waals surface area contributed by atoms with Crippen LogP contribution in [-0.2, 0) is 6.54 Å².